The molecule has 1 aromatic rings. The smallest absolute Gasteiger partial charge is 0.255 e. The number of rotatable bonds is 7. The maximum absolute atomic E-state index is 12.2. The van der Waals surface area contributed by atoms with E-state index >= 15 is 0 Å². The third-order valence-corrected chi connectivity index (χ3v) is 3.32. The largest absolute Gasteiger partial charge is 0.493 e. The number of ether oxygens (including phenoxy) is 3. The Balaban J connectivity index is 2.92. The molecule has 6 heteroatoms. The lowest BCUT2D eigenvalue weighted by Gasteiger charge is -2.17. The number of benzene rings is 1. The summed E-state index contributed by atoms with van der Waals surface area (Å²) in [6.45, 7) is 0.434. The van der Waals surface area contributed by atoms with Gasteiger partial charge in [0.1, 0.15) is 0 Å². The van der Waals surface area contributed by atoms with E-state index in [2.05, 4.69) is 21.2 Å². The second kappa shape index (κ2) is 8.01. The van der Waals surface area contributed by atoms with Gasteiger partial charge in [0.2, 0.25) is 0 Å². The molecular weight excluding hydrogens is 314 g/mol. The van der Waals surface area contributed by atoms with Gasteiger partial charge in [-0.05, 0) is 12.1 Å². The Bertz CT molecular complexity index is 425. The summed E-state index contributed by atoms with van der Waals surface area (Å²) < 4.78 is 15.4. The van der Waals surface area contributed by atoms with Crippen LogP contribution in [0.1, 0.15) is 10.4 Å². The zero-order chi connectivity index (χ0) is 14.3. The molecule has 0 aliphatic rings. The molecule has 0 heterocycles. The van der Waals surface area contributed by atoms with Crippen molar-refractivity contribution in [1.82, 2.24) is 5.32 Å². The average molecular weight is 332 g/mol. The summed E-state index contributed by atoms with van der Waals surface area (Å²) in [4.78, 5) is 12.2. The Kier molecular flexibility index (Phi) is 6.66. The molecule has 0 aromatic heterocycles. The first-order valence-corrected chi connectivity index (χ1v) is 6.86. The van der Waals surface area contributed by atoms with Crippen LogP contribution in [-0.2, 0) is 4.74 Å². The molecule has 0 aliphatic heterocycles. The fraction of sp³-hybridized carbons (Fsp3) is 0.462. The normalized spacial score (nSPS) is 11.8. The molecule has 0 radical (unpaired) electrons. The van der Waals surface area contributed by atoms with E-state index in [1.807, 2.05) is 0 Å². The Morgan fingerprint density at radius 1 is 1.32 bits per heavy atom. The maximum Gasteiger partial charge on any atom is 0.255 e. The Morgan fingerprint density at radius 3 is 2.58 bits per heavy atom. The minimum Gasteiger partial charge on any atom is -0.493 e. The van der Waals surface area contributed by atoms with Crippen molar-refractivity contribution in [3.05, 3.63) is 23.8 Å². The van der Waals surface area contributed by atoms with Crippen LogP contribution in [0.25, 0.3) is 0 Å². The highest BCUT2D eigenvalue weighted by molar-refractivity contribution is 9.09. The fourth-order valence-electron chi connectivity index (χ4n) is 1.66. The first kappa shape index (κ1) is 15.8. The summed E-state index contributed by atoms with van der Waals surface area (Å²) in [5, 5.41) is 3.47. The second-order valence-corrected chi connectivity index (χ2v) is 4.47. The number of amides is 1. The van der Waals surface area contributed by atoms with Crippen LogP contribution in [0.15, 0.2) is 18.2 Å². The summed E-state index contributed by atoms with van der Waals surface area (Å²) in [6, 6.07) is 5.07. The highest BCUT2D eigenvalue weighted by Gasteiger charge is 2.18. The molecule has 1 N–H and O–H groups in total. The van der Waals surface area contributed by atoms with Crippen LogP contribution in [0.5, 0.6) is 11.5 Å². The lowest BCUT2D eigenvalue weighted by molar-refractivity contribution is 0.0904. The van der Waals surface area contributed by atoms with Gasteiger partial charge < -0.3 is 19.5 Å². The van der Waals surface area contributed by atoms with Crippen molar-refractivity contribution in [3.63, 3.8) is 0 Å². The second-order valence-electron chi connectivity index (χ2n) is 3.82. The van der Waals surface area contributed by atoms with Gasteiger partial charge in [0.05, 0.1) is 32.4 Å². The molecule has 1 rings (SSSR count). The molecule has 0 saturated heterocycles. The standard InChI is InChI=1S/C13H18BrNO4/c1-17-8-9(7-14)15-13(16)10-5-4-6-11(18-2)12(10)19-3/h4-6,9H,7-8H2,1-3H3,(H,15,16). The van der Waals surface area contributed by atoms with Crippen molar-refractivity contribution < 1.29 is 19.0 Å². The lowest BCUT2D eigenvalue weighted by Crippen LogP contribution is -2.39. The number of halogens is 1. The highest BCUT2D eigenvalue weighted by atomic mass is 79.9. The van der Waals surface area contributed by atoms with Gasteiger partial charge >= 0.3 is 0 Å². The quantitative estimate of drug-likeness (QED) is 0.774. The number of hydrogen-bond donors (Lipinski definition) is 1. The molecule has 1 unspecified atom stereocenters. The maximum atomic E-state index is 12.2. The first-order chi connectivity index (χ1) is 9.17. The van der Waals surface area contributed by atoms with Crippen LogP contribution in [-0.4, -0.2) is 45.2 Å². The van der Waals surface area contributed by atoms with Crippen molar-refractivity contribution in [2.24, 2.45) is 0 Å². The molecule has 0 bridgehead atoms. The number of carbonyl (C=O) groups excluding carboxylic acids is 1. The predicted molar refractivity (Wildman–Crippen MR) is 76.5 cm³/mol. The van der Waals surface area contributed by atoms with E-state index in [-0.39, 0.29) is 11.9 Å². The van der Waals surface area contributed by atoms with Gasteiger partial charge in [0, 0.05) is 12.4 Å². The topological polar surface area (TPSA) is 56.8 Å². The number of nitrogens with one attached hydrogen (secondary N) is 1. The molecule has 1 atom stereocenters. The third kappa shape index (κ3) is 4.11. The fourth-order valence-corrected chi connectivity index (χ4v) is 2.00. The van der Waals surface area contributed by atoms with Crippen molar-refractivity contribution in [2.75, 3.05) is 33.3 Å². The van der Waals surface area contributed by atoms with E-state index in [1.54, 1.807) is 25.3 Å². The number of carbonyl (C=O) groups is 1. The minimum atomic E-state index is -0.225. The number of methoxy groups -OCH3 is 3. The predicted octanol–water partition coefficient (Wildman–Crippen LogP) is 1.84. The molecule has 19 heavy (non-hydrogen) atoms. The molecule has 1 aromatic carbocycles. The van der Waals surface area contributed by atoms with Crippen LogP contribution in [0.4, 0.5) is 0 Å². The summed E-state index contributed by atoms with van der Waals surface area (Å²) in [5.74, 6) is 0.725. The minimum absolute atomic E-state index is 0.103. The molecule has 106 valence electrons. The van der Waals surface area contributed by atoms with Crippen molar-refractivity contribution in [2.45, 2.75) is 6.04 Å². The van der Waals surface area contributed by atoms with E-state index in [9.17, 15) is 4.79 Å². The van der Waals surface area contributed by atoms with Crippen molar-refractivity contribution in [3.8, 4) is 11.5 Å². The van der Waals surface area contributed by atoms with Gasteiger partial charge in [-0.1, -0.05) is 22.0 Å². The van der Waals surface area contributed by atoms with E-state index in [0.29, 0.717) is 29.0 Å². The Labute approximate surface area is 121 Å². The molecular formula is C13H18BrNO4. The van der Waals surface area contributed by atoms with Crippen LogP contribution < -0.4 is 14.8 Å². The third-order valence-electron chi connectivity index (χ3n) is 2.54. The summed E-state index contributed by atoms with van der Waals surface area (Å²) in [6.07, 6.45) is 0. The van der Waals surface area contributed by atoms with Gasteiger partial charge in [-0.3, -0.25) is 4.79 Å². The summed E-state index contributed by atoms with van der Waals surface area (Å²) >= 11 is 3.33. The summed E-state index contributed by atoms with van der Waals surface area (Å²) in [7, 11) is 4.63. The number of para-hydroxylation sites is 1. The monoisotopic (exact) mass is 331 g/mol. The van der Waals surface area contributed by atoms with Gasteiger partial charge in [-0.15, -0.1) is 0 Å². The van der Waals surface area contributed by atoms with Crippen LogP contribution in [0.3, 0.4) is 0 Å². The lowest BCUT2D eigenvalue weighted by atomic mass is 10.1. The van der Waals surface area contributed by atoms with E-state index in [1.165, 1.54) is 14.2 Å². The first-order valence-electron chi connectivity index (χ1n) is 5.74. The molecule has 0 fully saturated rings. The average Bonchev–Trinajstić information content (AvgIpc) is 2.45. The molecule has 0 aliphatic carbocycles. The summed E-state index contributed by atoms with van der Waals surface area (Å²) in [5.41, 5.74) is 0.434. The zero-order valence-electron chi connectivity index (χ0n) is 11.2. The van der Waals surface area contributed by atoms with Crippen LogP contribution >= 0.6 is 15.9 Å². The van der Waals surface area contributed by atoms with E-state index < -0.39 is 0 Å². The van der Waals surface area contributed by atoms with E-state index in [4.69, 9.17) is 14.2 Å². The van der Waals surface area contributed by atoms with Gasteiger partial charge in [-0.25, -0.2) is 0 Å². The van der Waals surface area contributed by atoms with Gasteiger partial charge in [0.25, 0.3) is 5.91 Å². The number of hydrogen-bond acceptors (Lipinski definition) is 4. The molecule has 0 saturated carbocycles. The van der Waals surface area contributed by atoms with Gasteiger partial charge in [0.15, 0.2) is 11.5 Å². The van der Waals surface area contributed by atoms with Crippen molar-refractivity contribution >= 4 is 21.8 Å². The van der Waals surface area contributed by atoms with E-state index in [0.717, 1.165) is 0 Å². The molecule has 5 nitrogen and oxygen atoms in total. The molecule has 0 spiro atoms. The Morgan fingerprint density at radius 2 is 2.05 bits per heavy atom. The zero-order valence-corrected chi connectivity index (χ0v) is 12.8. The highest BCUT2D eigenvalue weighted by Crippen LogP contribution is 2.30. The SMILES string of the molecule is COCC(CBr)NC(=O)c1cccc(OC)c1OC. The number of alkyl halides is 1. The molecule has 1 amide bonds. The van der Waals surface area contributed by atoms with Gasteiger partial charge in [-0.2, -0.15) is 0 Å². The van der Waals surface area contributed by atoms with Crippen molar-refractivity contribution in [1.29, 1.82) is 0 Å². The Hall–Kier alpha value is -1.27. The van der Waals surface area contributed by atoms with Crippen LogP contribution in [0.2, 0.25) is 0 Å². The van der Waals surface area contributed by atoms with Crippen LogP contribution in [0, 0.1) is 0 Å².